The highest BCUT2D eigenvalue weighted by Crippen LogP contribution is 2.22. The molecule has 8 heteroatoms. The van der Waals surface area contributed by atoms with Crippen LogP contribution >= 0.6 is 11.8 Å². The number of carbonyl (C=O) groups is 1. The number of hydrogen-bond acceptors (Lipinski definition) is 5. The van der Waals surface area contributed by atoms with E-state index in [9.17, 15) is 4.79 Å². The minimum absolute atomic E-state index is 0.0488. The van der Waals surface area contributed by atoms with E-state index in [2.05, 4.69) is 39.6 Å². The smallest absolute Gasteiger partial charge is 0.230 e. The van der Waals surface area contributed by atoms with Crippen LogP contribution in [0.5, 0.6) is 0 Å². The zero-order chi connectivity index (χ0) is 21.8. The van der Waals surface area contributed by atoms with E-state index in [1.54, 1.807) is 12.5 Å². The van der Waals surface area contributed by atoms with Crippen molar-refractivity contribution in [1.29, 1.82) is 0 Å². The van der Waals surface area contributed by atoms with Crippen molar-refractivity contribution in [3.8, 4) is 11.4 Å². The van der Waals surface area contributed by atoms with Crippen molar-refractivity contribution in [1.82, 2.24) is 29.6 Å². The molecule has 0 aliphatic heterocycles. The molecule has 0 unspecified atom stereocenters. The molecule has 7 nitrogen and oxygen atoms in total. The van der Waals surface area contributed by atoms with Crippen molar-refractivity contribution in [2.24, 2.45) is 0 Å². The molecule has 158 valence electrons. The second kappa shape index (κ2) is 9.18. The van der Waals surface area contributed by atoms with Crippen LogP contribution in [0.1, 0.15) is 29.9 Å². The molecule has 1 N–H and O–H groups in total. The molecule has 0 spiro atoms. The van der Waals surface area contributed by atoms with E-state index in [4.69, 9.17) is 0 Å². The number of aryl methyl sites for hydroxylation is 2. The third kappa shape index (κ3) is 4.86. The molecule has 31 heavy (non-hydrogen) atoms. The van der Waals surface area contributed by atoms with E-state index >= 15 is 0 Å². The summed E-state index contributed by atoms with van der Waals surface area (Å²) < 4.78 is 3.91. The van der Waals surface area contributed by atoms with Crippen LogP contribution in [-0.2, 0) is 4.79 Å². The Morgan fingerprint density at radius 2 is 1.74 bits per heavy atom. The van der Waals surface area contributed by atoms with Gasteiger partial charge in [0.1, 0.15) is 5.82 Å². The zero-order valence-electron chi connectivity index (χ0n) is 17.7. The number of carbonyl (C=O) groups excluding carboxylic acids is 1. The number of thioether (sulfide) groups is 1. The quantitative estimate of drug-likeness (QED) is 0.446. The fraction of sp³-hybridized carbons (Fsp3) is 0.217. The summed E-state index contributed by atoms with van der Waals surface area (Å²) in [6, 6.07) is 16.1. The summed E-state index contributed by atoms with van der Waals surface area (Å²) in [7, 11) is 0. The minimum atomic E-state index is -0.0957. The average Bonchev–Trinajstić information content (AvgIpc) is 3.43. The summed E-state index contributed by atoms with van der Waals surface area (Å²) in [6.45, 7) is 5.94. The molecule has 2 aromatic carbocycles. The Labute approximate surface area is 185 Å². The Bertz CT molecular complexity index is 1150. The van der Waals surface area contributed by atoms with Crippen LogP contribution in [0.2, 0.25) is 0 Å². The summed E-state index contributed by atoms with van der Waals surface area (Å²) in [6.07, 6.45) is 5.40. The summed E-state index contributed by atoms with van der Waals surface area (Å²) in [4.78, 5) is 16.6. The highest BCUT2D eigenvalue weighted by Gasteiger charge is 2.15. The molecule has 0 aliphatic rings. The van der Waals surface area contributed by atoms with Gasteiger partial charge < -0.3 is 9.88 Å². The van der Waals surface area contributed by atoms with E-state index in [-0.39, 0.29) is 17.7 Å². The molecule has 4 rings (SSSR count). The lowest BCUT2D eigenvalue weighted by molar-refractivity contribution is -0.119. The summed E-state index contributed by atoms with van der Waals surface area (Å²) in [5.41, 5.74) is 4.25. The molecule has 0 aliphatic carbocycles. The number of nitrogens with one attached hydrogen (secondary N) is 1. The first-order valence-corrected chi connectivity index (χ1v) is 11.0. The van der Waals surface area contributed by atoms with Crippen molar-refractivity contribution < 1.29 is 4.79 Å². The lowest BCUT2D eigenvalue weighted by Crippen LogP contribution is -2.28. The van der Waals surface area contributed by atoms with Gasteiger partial charge in [0.25, 0.3) is 0 Å². The standard InChI is InChI=1S/C23H24N6OS/c1-16-4-8-21(9-5-16)29-18(3)26-27-23(29)31-14-22(30)25-17(2)19-6-10-20(11-7-19)28-13-12-24-15-28/h4-13,15,17H,14H2,1-3H3,(H,25,30)/t17-/m0/s1. The summed E-state index contributed by atoms with van der Waals surface area (Å²) >= 11 is 1.38. The van der Waals surface area contributed by atoms with Gasteiger partial charge in [-0.15, -0.1) is 10.2 Å². The van der Waals surface area contributed by atoms with Gasteiger partial charge in [-0.2, -0.15) is 0 Å². The predicted octanol–water partition coefficient (Wildman–Crippen LogP) is 4.04. The van der Waals surface area contributed by atoms with Gasteiger partial charge in [-0.3, -0.25) is 9.36 Å². The zero-order valence-corrected chi connectivity index (χ0v) is 18.5. The Kier molecular flexibility index (Phi) is 6.18. The first kappa shape index (κ1) is 20.9. The van der Waals surface area contributed by atoms with Gasteiger partial charge in [-0.05, 0) is 50.6 Å². The molecule has 2 heterocycles. The second-order valence-corrected chi connectivity index (χ2v) is 8.28. The Morgan fingerprint density at radius 3 is 2.42 bits per heavy atom. The van der Waals surface area contributed by atoms with Crippen LogP contribution in [0.15, 0.2) is 72.4 Å². The first-order valence-electron chi connectivity index (χ1n) is 10.0. The molecule has 4 aromatic rings. The monoisotopic (exact) mass is 432 g/mol. The van der Waals surface area contributed by atoms with Crippen molar-refractivity contribution in [3.63, 3.8) is 0 Å². The van der Waals surface area contributed by atoms with E-state index in [1.165, 1.54) is 17.3 Å². The first-order chi connectivity index (χ1) is 15.0. The Balaban J connectivity index is 1.37. The van der Waals surface area contributed by atoms with Gasteiger partial charge >= 0.3 is 0 Å². The van der Waals surface area contributed by atoms with Gasteiger partial charge in [-0.1, -0.05) is 41.6 Å². The molecule has 0 fully saturated rings. The normalized spacial score (nSPS) is 12.0. The SMILES string of the molecule is Cc1ccc(-n2c(C)nnc2SCC(=O)N[C@@H](C)c2ccc(-n3ccnc3)cc2)cc1. The molecule has 0 bridgehead atoms. The number of benzene rings is 2. The third-order valence-electron chi connectivity index (χ3n) is 4.99. The van der Waals surface area contributed by atoms with Gasteiger partial charge in [0.15, 0.2) is 5.16 Å². The summed E-state index contributed by atoms with van der Waals surface area (Å²) in [5, 5.41) is 12.2. The number of amides is 1. The lowest BCUT2D eigenvalue weighted by Gasteiger charge is -2.15. The average molecular weight is 433 g/mol. The van der Waals surface area contributed by atoms with Crippen LogP contribution in [0, 0.1) is 13.8 Å². The number of hydrogen-bond donors (Lipinski definition) is 1. The Morgan fingerprint density at radius 1 is 1.03 bits per heavy atom. The maximum Gasteiger partial charge on any atom is 0.230 e. The molecule has 0 saturated carbocycles. The van der Waals surface area contributed by atoms with E-state index in [0.29, 0.717) is 5.16 Å². The van der Waals surface area contributed by atoms with Crippen LogP contribution in [0.25, 0.3) is 11.4 Å². The van der Waals surface area contributed by atoms with Crippen LogP contribution in [0.4, 0.5) is 0 Å². The fourth-order valence-electron chi connectivity index (χ4n) is 3.27. The van der Waals surface area contributed by atoms with Crippen molar-refractivity contribution >= 4 is 17.7 Å². The van der Waals surface area contributed by atoms with Crippen LogP contribution < -0.4 is 5.32 Å². The molecular weight excluding hydrogens is 408 g/mol. The summed E-state index contributed by atoms with van der Waals surface area (Å²) in [5.74, 6) is 1.01. The highest BCUT2D eigenvalue weighted by atomic mass is 32.2. The second-order valence-electron chi connectivity index (χ2n) is 7.34. The number of rotatable bonds is 7. The number of imidazole rings is 1. The molecule has 0 saturated heterocycles. The molecule has 1 atom stereocenters. The molecular formula is C23H24N6OS. The topological polar surface area (TPSA) is 77.6 Å². The van der Waals surface area contributed by atoms with Gasteiger partial charge in [0.05, 0.1) is 18.1 Å². The molecule has 2 aromatic heterocycles. The minimum Gasteiger partial charge on any atom is -0.349 e. The fourth-order valence-corrected chi connectivity index (χ4v) is 4.08. The maximum atomic E-state index is 12.6. The Hall–Kier alpha value is -3.39. The predicted molar refractivity (Wildman–Crippen MR) is 122 cm³/mol. The molecule has 1 amide bonds. The van der Waals surface area contributed by atoms with Crippen molar-refractivity contribution in [2.45, 2.75) is 32.0 Å². The van der Waals surface area contributed by atoms with Crippen LogP contribution in [0.3, 0.4) is 0 Å². The largest absolute Gasteiger partial charge is 0.349 e. The van der Waals surface area contributed by atoms with Crippen molar-refractivity contribution in [2.75, 3.05) is 5.75 Å². The maximum absolute atomic E-state index is 12.6. The van der Waals surface area contributed by atoms with Crippen molar-refractivity contribution in [3.05, 3.63) is 84.2 Å². The van der Waals surface area contributed by atoms with Crippen LogP contribution in [-0.4, -0.2) is 36.0 Å². The number of nitrogens with zero attached hydrogens (tertiary/aromatic N) is 5. The lowest BCUT2D eigenvalue weighted by atomic mass is 10.1. The van der Waals surface area contributed by atoms with Gasteiger partial charge in [0.2, 0.25) is 5.91 Å². The number of aromatic nitrogens is 5. The molecule has 0 radical (unpaired) electrons. The highest BCUT2D eigenvalue weighted by molar-refractivity contribution is 7.99. The van der Waals surface area contributed by atoms with Gasteiger partial charge in [-0.25, -0.2) is 4.98 Å². The van der Waals surface area contributed by atoms with Gasteiger partial charge in [0, 0.05) is 23.8 Å². The van der Waals surface area contributed by atoms with E-state index < -0.39 is 0 Å². The van der Waals surface area contributed by atoms with E-state index in [1.807, 2.05) is 65.6 Å². The van der Waals surface area contributed by atoms with E-state index in [0.717, 1.165) is 22.8 Å². The third-order valence-corrected chi connectivity index (χ3v) is 5.92.